The summed E-state index contributed by atoms with van der Waals surface area (Å²) in [6.07, 6.45) is 2.49. The summed E-state index contributed by atoms with van der Waals surface area (Å²) in [5.74, 6) is -0.102. The first-order chi connectivity index (χ1) is 8.08. The van der Waals surface area contributed by atoms with Gasteiger partial charge in [0.25, 0.3) is 5.91 Å². The van der Waals surface area contributed by atoms with E-state index in [1.807, 2.05) is 6.92 Å². The van der Waals surface area contributed by atoms with E-state index < -0.39 is 0 Å². The highest BCUT2D eigenvalue weighted by atomic mass is 35.5. The van der Waals surface area contributed by atoms with Crippen LogP contribution in [0, 0.1) is 6.92 Å². The molecule has 1 saturated heterocycles. The maximum atomic E-state index is 12.2. The van der Waals surface area contributed by atoms with E-state index in [0.717, 1.165) is 5.69 Å². The van der Waals surface area contributed by atoms with Crippen molar-refractivity contribution in [2.75, 3.05) is 13.1 Å². The highest BCUT2D eigenvalue weighted by Crippen LogP contribution is 2.20. The second kappa shape index (κ2) is 5.02. The Balaban J connectivity index is 2.14. The van der Waals surface area contributed by atoms with Crippen molar-refractivity contribution in [1.29, 1.82) is 0 Å². The Hall–Kier alpha value is -1.13. The van der Waals surface area contributed by atoms with Crippen molar-refractivity contribution in [3.8, 4) is 0 Å². The largest absolute Gasteiger partial charge is 0.393 e. The predicted molar refractivity (Wildman–Crippen MR) is 65.1 cm³/mol. The lowest BCUT2D eigenvalue weighted by Gasteiger charge is -2.29. The zero-order valence-electron chi connectivity index (χ0n) is 9.69. The molecule has 1 aliphatic heterocycles. The van der Waals surface area contributed by atoms with E-state index in [9.17, 15) is 9.90 Å². The molecule has 1 aromatic heterocycles. The third-order valence-electron chi connectivity index (χ3n) is 2.97. The molecule has 5 heteroatoms. The van der Waals surface area contributed by atoms with Gasteiger partial charge in [-0.1, -0.05) is 11.6 Å². The molecule has 0 saturated carbocycles. The van der Waals surface area contributed by atoms with E-state index in [1.165, 1.54) is 6.20 Å². The second-order valence-electron chi connectivity index (χ2n) is 4.33. The van der Waals surface area contributed by atoms with Crippen LogP contribution in [0.3, 0.4) is 0 Å². The molecule has 1 N–H and O–H groups in total. The molecule has 4 nitrogen and oxygen atoms in total. The van der Waals surface area contributed by atoms with Crippen LogP contribution in [0.2, 0.25) is 5.02 Å². The molecule has 1 aliphatic rings. The summed E-state index contributed by atoms with van der Waals surface area (Å²) in [7, 11) is 0. The number of hydrogen-bond donors (Lipinski definition) is 1. The number of amides is 1. The lowest BCUT2D eigenvalue weighted by Crippen LogP contribution is -2.40. The van der Waals surface area contributed by atoms with Gasteiger partial charge in [0, 0.05) is 25.0 Å². The van der Waals surface area contributed by atoms with Crippen LogP contribution >= 0.6 is 11.6 Å². The Bertz CT molecular complexity index is 429. The Kier molecular flexibility index (Phi) is 3.64. The number of rotatable bonds is 1. The summed E-state index contributed by atoms with van der Waals surface area (Å²) in [6.45, 7) is 2.98. The number of piperidine rings is 1. The quantitative estimate of drug-likeness (QED) is 0.829. The molecule has 1 amide bonds. The van der Waals surface area contributed by atoms with Crippen LogP contribution in [-0.4, -0.2) is 40.1 Å². The van der Waals surface area contributed by atoms with Gasteiger partial charge in [0.1, 0.15) is 0 Å². The van der Waals surface area contributed by atoms with Crippen molar-refractivity contribution in [3.05, 3.63) is 28.5 Å². The van der Waals surface area contributed by atoms with Crippen molar-refractivity contribution in [3.63, 3.8) is 0 Å². The molecular weight excluding hydrogens is 240 g/mol. The lowest BCUT2D eigenvalue weighted by atomic mass is 10.1. The fourth-order valence-electron chi connectivity index (χ4n) is 1.92. The molecular formula is C12H15ClN2O2. The molecule has 0 atom stereocenters. The third-order valence-corrected chi connectivity index (χ3v) is 3.29. The Labute approximate surface area is 105 Å². The lowest BCUT2D eigenvalue weighted by molar-refractivity contribution is 0.0546. The Morgan fingerprint density at radius 3 is 2.76 bits per heavy atom. The summed E-state index contributed by atoms with van der Waals surface area (Å²) in [6, 6.07) is 1.69. The van der Waals surface area contributed by atoms with Gasteiger partial charge >= 0.3 is 0 Å². The monoisotopic (exact) mass is 254 g/mol. The van der Waals surface area contributed by atoms with Gasteiger partial charge in [-0.05, 0) is 25.8 Å². The number of nitrogens with zero attached hydrogens (tertiary/aromatic N) is 2. The minimum absolute atomic E-state index is 0.102. The van der Waals surface area contributed by atoms with Crippen LogP contribution in [0.5, 0.6) is 0 Å². The number of aliphatic hydroxyl groups excluding tert-OH is 1. The summed E-state index contributed by atoms with van der Waals surface area (Å²) >= 11 is 6.04. The summed E-state index contributed by atoms with van der Waals surface area (Å²) in [4.78, 5) is 18.0. The number of likely N-dealkylation sites (tertiary alicyclic amines) is 1. The van der Waals surface area contributed by atoms with Crippen LogP contribution < -0.4 is 0 Å². The van der Waals surface area contributed by atoms with Crippen LogP contribution in [0.1, 0.15) is 28.9 Å². The van der Waals surface area contributed by atoms with Crippen LogP contribution in [0.15, 0.2) is 12.3 Å². The van der Waals surface area contributed by atoms with E-state index >= 15 is 0 Å². The molecule has 0 aliphatic carbocycles. The molecule has 0 spiro atoms. The zero-order chi connectivity index (χ0) is 12.4. The van der Waals surface area contributed by atoms with E-state index in [2.05, 4.69) is 4.98 Å². The molecule has 0 aromatic carbocycles. The van der Waals surface area contributed by atoms with Gasteiger partial charge in [-0.25, -0.2) is 0 Å². The SMILES string of the molecule is Cc1cc(Cl)c(C(=O)N2CCC(O)CC2)cn1. The second-order valence-corrected chi connectivity index (χ2v) is 4.74. The molecule has 0 radical (unpaired) electrons. The van der Waals surface area contributed by atoms with Crippen LogP contribution in [0.4, 0.5) is 0 Å². The highest BCUT2D eigenvalue weighted by Gasteiger charge is 2.23. The number of aromatic nitrogens is 1. The molecule has 2 heterocycles. The topological polar surface area (TPSA) is 53.4 Å². The smallest absolute Gasteiger partial charge is 0.256 e. The summed E-state index contributed by atoms with van der Waals surface area (Å²) in [5.41, 5.74) is 1.23. The molecule has 17 heavy (non-hydrogen) atoms. The average Bonchev–Trinajstić information content (AvgIpc) is 2.29. The first kappa shape index (κ1) is 12.3. The number of pyridine rings is 1. The Morgan fingerprint density at radius 1 is 1.53 bits per heavy atom. The maximum Gasteiger partial charge on any atom is 0.256 e. The molecule has 1 fully saturated rings. The van der Waals surface area contributed by atoms with Gasteiger partial charge < -0.3 is 10.0 Å². The van der Waals surface area contributed by atoms with Crippen LogP contribution in [-0.2, 0) is 0 Å². The van der Waals surface area contributed by atoms with Gasteiger partial charge in [-0.3, -0.25) is 9.78 Å². The predicted octanol–water partition coefficient (Wildman–Crippen LogP) is 1.64. The van der Waals surface area contributed by atoms with E-state index in [-0.39, 0.29) is 12.0 Å². The fraction of sp³-hybridized carbons (Fsp3) is 0.500. The highest BCUT2D eigenvalue weighted by molar-refractivity contribution is 6.33. The number of aryl methyl sites for hydroxylation is 1. The summed E-state index contributed by atoms with van der Waals surface area (Å²) in [5, 5.41) is 9.83. The third kappa shape index (κ3) is 2.76. The normalized spacial score (nSPS) is 17.2. The number of aliphatic hydroxyl groups is 1. The van der Waals surface area contributed by atoms with E-state index in [0.29, 0.717) is 36.5 Å². The molecule has 92 valence electrons. The van der Waals surface area contributed by atoms with Crippen molar-refractivity contribution in [2.45, 2.75) is 25.9 Å². The van der Waals surface area contributed by atoms with E-state index in [4.69, 9.17) is 11.6 Å². The number of carbonyl (C=O) groups excluding carboxylic acids is 1. The van der Waals surface area contributed by atoms with Gasteiger partial charge in [0.05, 0.1) is 16.7 Å². The maximum absolute atomic E-state index is 12.2. The van der Waals surface area contributed by atoms with Crippen molar-refractivity contribution in [1.82, 2.24) is 9.88 Å². The first-order valence-electron chi connectivity index (χ1n) is 5.67. The van der Waals surface area contributed by atoms with Crippen LogP contribution in [0.25, 0.3) is 0 Å². The van der Waals surface area contributed by atoms with E-state index in [1.54, 1.807) is 11.0 Å². The van der Waals surface area contributed by atoms with Gasteiger partial charge in [0.15, 0.2) is 0 Å². The molecule has 0 unspecified atom stereocenters. The van der Waals surface area contributed by atoms with Crippen molar-refractivity contribution < 1.29 is 9.90 Å². The van der Waals surface area contributed by atoms with Gasteiger partial charge in [-0.15, -0.1) is 0 Å². The molecule has 0 bridgehead atoms. The molecule has 1 aromatic rings. The zero-order valence-corrected chi connectivity index (χ0v) is 10.4. The van der Waals surface area contributed by atoms with Gasteiger partial charge in [-0.2, -0.15) is 0 Å². The number of hydrogen-bond acceptors (Lipinski definition) is 3. The standard InChI is InChI=1S/C12H15ClN2O2/c1-8-6-11(13)10(7-14-8)12(17)15-4-2-9(16)3-5-15/h6-7,9,16H,2-5H2,1H3. The number of carbonyl (C=O) groups is 1. The minimum atomic E-state index is -0.286. The molecule has 2 rings (SSSR count). The minimum Gasteiger partial charge on any atom is -0.393 e. The van der Waals surface area contributed by atoms with Gasteiger partial charge in [0.2, 0.25) is 0 Å². The number of halogens is 1. The van der Waals surface area contributed by atoms with Crippen molar-refractivity contribution in [2.24, 2.45) is 0 Å². The van der Waals surface area contributed by atoms with Crippen molar-refractivity contribution >= 4 is 17.5 Å². The fourth-order valence-corrected chi connectivity index (χ4v) is 2.21. The Morgan fingerprint density at radius 2 is 2.18 bits per heavy atom. The first-order valence-corrected chi connectivity index (χ1v) is 6.05. The average molecular weight is 255 g/mol. The summed E-state index contributed by atoms with van der Waals surface area (Å²) < 4.78 is 0.